The molecule has 1 aliphatic rings. The molecule has 27 heavy (non-hydrogen) atoms. The van der Waals surface area contributed by atoms with Crippen molar-refractivity contribution in [3.8, 4) is 0 Å². The zero-order valence-electron chi connectivity index (χ0n) is 15.0. The number of amides is 1. The Labute approximate surface area is 162 Å². The Bertz CT molecular complexity index is 971. The van der Waals surface area contributed by atoms with E-state index in [1.54, 1.807) is 38.1 Å². The Balaban J connectivity index is 2.18. The molecule has 146 valence electrons. The van der Waals surface area contributed by atoms with Gasteiger partial charge in [0.1, 0.15) is 0 Å². The number of carbonyl (C=O) groups excluding carboxylic acids is 1. The lowest BCUT2D eigenvalue weighted by Gasteiger charge is -2.29. The van der Waals surface area contributed by atoms with E-state index in [0.717, 1.165) is 5.56 Å². The fraction of sp³-hybridized carbons (Fsp3) is 0.375. The number of nitrogens with one attached hydrogen (secondary N) is 2. The Kier molecular flexibility index (Phi) is 5.17. The molecule has 9 nitrogen and oxygen atoms in total. The maximum atomic E-state index is 12.8. The van der Waals surface area contributed by atoms with E-state index < -0.39 is 22.3 Å². The number of halogens is 1. The van der Waals surface area contributed by atoms with E-state index in [2.05, 4.69) is 15.0 Å². The van der Waals surface area contributed by atoms with Crippen LogP contribution >= 0.6 is 11.6 Å². The molecule has 1 unspecified atom stereocenters. The lowest BCUT2D eigenvalue weighted by Crippen LogP contribution is -2.51. The number of aliphatic hydroxyl groups is 1. The average molecular weight is 414 g/mol. The summed E-state index contributed by atoms with van der Waals surface area (Å²) < 4.78 is 29.4. The molecule has 1 aromatic carbocycles. The van der Waals surface area contributed by atoms with Crippen molar-refractivity contribution in [1.82, 2.24) is 19.6 Å². The van der Waals surface area contributed by atoms with Gasteiger partial charge in [-0.05, 0) is 31.5 Å². The minimum atomic E-state index is -3.99. The monoisotopic (exact) mass is 413 g/mol. The van der Waals surface area contributed by atoms with Gasteiger partial charge in [0.2, 0.25) is 11.5 Å². The van der Waals surface area contributed by atoms with Gasteiger partial charge in [0, 0.05) is 18.1 Å². The quantitative estimate of drug-likeness (QED) is 0.665. The van der Waals surface area contributed by atoms with Crippen LogP contribution in [0.4, 0.5) is 5.82 Å². The smallest absolute Gasteiger partial charge is 0.275 e. The molecule has 11 heteroatoms. The number of nitrogens with zero attached hydrogens (tertiary/aromatic N) is 3. The standard InChI is InChI=1S/C16H20ClN5O4S/c1-9(2)20-27(25,26)16-18-13-12(14(23)19-15(24)21(13)3)22(16)8-10-4-6-11(17)7-5-10/h4-7,9,15,20,24H,8H2,1-3H3,(H,19,23). The number of anilines is 1. The lowest BCUT2D eigenvalue weighted by atomic mass is 10.2. The molecule has 1 aliphatic heterocycles. The summed E-state index contributed by atoms with van der Waals surface area (Å²) in [6.45, 7) is 3.46. The van der Waals surface area contributed by atoms with Gasteiger partial charge in [-0.2, -0.15) is 4.98 Å². The van der Waals surface area contributed by atoms with Crippen molar-refractivity contribution < 1.29 is 18.3 Å². The summed E-state index contributed by atoms with van der Waals surface area (Å²) in [6.07, 6.45) is -1.29. The average Bonchev–Trinajstić information content (AvgIpc) is 2.94. The number of imidazole rings is 1. The van der Waals surface area contributed by atoms with Crippen LogP contribution in [-0.2, 0) is 16.6 Å². The van der Waals surface area contributed by atoms with Crippen LogP contribution in [0, 0.1) is 0 Å². The van der Waals surface area contributed by atoms with Gasteiger partial charge in [-0.1, -0.05) is 23.7 Å². The number of benzene rings is 1. The minimum absolute atomic E-state index is 0.0573. The Hall–Kier alpha value is -2.14. The van der Waals surface area contributed by atoms with Crippen molar-refractivity contribution in [3.05, 3.63) is 40.5 Å². The number of hydrogen-bond acceptors (Lipinski definition) is 6. The zero-order chi connectivity index (χ0) is 19.9. The van der Waals surface area contributed by atoms with Gasteiger partial charge < -0.3 is 19.9 Å². The first-order valence-electron chi connectivity index (χ1n) is 8.19. The topological polar surface area (TPSA) is 117 Å². The predicted octanol–water partition coefficient (Wildman–Crippen LogP) is 0.727. The third kappa shape index (κ3) is 3.79. The molecule has 0 bridgehead atoms. The van der Waals surface area contributed by atoms with Crippen molar-refractivity contribution in [2.24, 2.45) is 0 Å². The van der Waals surface area contributed by atoms with Crippen molar-refractivity contribution in [1.29, 1.82) is 0 Å². The fourth-order valence-corrected chi connectivity index (χ4v) is 4.28. The number of carbonyl (C=O) groups is 1. The van der Waals surface area contributed by atoms with Crippen molar-refractivity contribution >= 4 is 33.3 Å². The SMILES string of the molecule is CC(C)NS(=O)(=O)c1nc2c(n1Cc1ccc(Cl)cc1)C(=O)NC(O)N2C. The van der Waals surface area contributed by atoms with Gasteiger partial charge in [-0.15, -0.1) is 0 Å². The molecule has 0 aliphatic carbocycles. The van der Waals surface area contributed by atoms with Crippen molar-refractivity contribution in [2.45, 2.75) is 37.9 Å². The van der Waals surface area contributed by atoms with Gasteiger partial charge in [0.05, 0.1) is 6.54 Å². The highest BCUT2D eigenvalue weighted by atomic mass is 35.5. The molecule has 0 radical (unpaired) electrons. The number of aliphatic hydroxyl groups excluding tert-OH is 1. The number of fused-ring (bicyclic) bond motifs is 1. The molecular formula is C16H20ClN5O4S. The predicted molar refractivity (Wildman–Crippen MR) is 100 cm³/mol. The number of aromatic nitrogens is 2. The van der Waals surface area contributed by atoms with Crippen molar-refractivity contribution in [2.75, 3.05) is 11.9 Å². The summed E-state index contributed by atoms with van der Waals surface area (Å²) in [5, 5.41) is 12.5. The molecule has 2 aromatic rings. The van der Waals surface area contributed by atoms with E-state index in [4.69, 9.17) is 11.6 Å². The second-order valence-electron chi connectivity index (χ2n) is 6.51. The van der Waals surface area contributed by atoms with Gasteiger partial charge >= 0.3 is 0 Å². The van der Waals surface area contributed by atoms with E-state index in [1.165, 1.54) is 16.5 Å². The second-order valence-corrected chi connectivity index (χ2v) is 8.56. The van der Waals surface area contributed by atoms with Crippen LogP contribution in [0.3, 0.4) is 0 Å². The summed E-state index contributed by atoms with van der Waals surface area (Å²) in [6, 6.07) is 6.47. The molecule has 0 saturated carbocycles. The summed E-state index contributed by atoms with van der Waals surface area (Å²) in [4.78, 5) is 17.9. The third-order valence-electron chi connectivity index (χ3n) is 3.98. The van der Waals surface area contributed by atoms with E-state index >= 15 is 0 Å². The van der Waals surface area contributed by atoms with Crippen LogP contribution in [0.25, 0.3) is 0 Å². The van der Waals surface area contributed by atoms with Crippen LogP contribution in [0.2, 0.25) is 5.02 Å². The van der Waals surface area contributed by atoms with Crippen molar-refractivity contribution in [3.63, 3.8) is 0 Å². The van der Waals surface area contributed by atoms with Crippen LogP contribution in [0.1, 0.15) is 29.9 Å². The van der Waals surface area contributed by atoms with Gasteiger partial charge in [0.15, 0.2) is 11.5 Å². The zero-order valence-corrected chi connectivity index (χ0v) is 16.5. The third-order valence-corrected chi connectivity index (χ3v) is 5.80. The van der Waals surface area contributed by atoms with Crippen LogP contribution in [-0.4, -0.2) is 48.4 Å². The normalized spacial score (nSPS) is 17.2. The van der Waals surface area contributed by atoms with Gasteiger partial charge in [-0.25, -0.2) is 13.1 Å². The Morgan fingerprint density at radius 1 is 1.33 bits per heavy atom. The number of hydrogen-bond donors (Lipinski definition) is 3. The van der Waals surface area contributed by atoms with E-state index in [9.17, 15) is 18.3 Å². The number of sulfonamides is 1. The maximum Gasteiger partial charge on any atom is 0.275 e. The highest BCUT2D eigenvalue weighted by Crippen LogP contribution is 2.28. The Morgan fingerprint density at radius 2 is 1.96 bits per heavy atom. The van der Waals surface area contributed by atoms with Crippen LogP contribution in [0.15, 0.2) is 29.4 Å². The molecular weight excluding hydrogens is 394 g/mol. The fourth-order valence-electron chi connectivity index (χ4n) is 2.78. The summed E-state index contributed by atoms with van der Waals surface area (Å²) in [7, 11) is -2.48. The highest BCUT2D eigenvalue weighted by Gasteiger charge is 2.37. The van der Waals surface area contributed by atoms with E-state index in [0.29, 0.717) is 5.02 Å². The number of rotatable bonds is 5. The summed E-state index contributed by atoms with van der Waals surface area (Å²) in [5.41, 5.74) is 0.795. The summed E-state index contributed by atoms with van der Waals surface area (Å²) >= 11 is 5.90. The Morgan fingerprint density at radius 3 is 2.56 bits per heavy atom. The van der Waals surface area contributed by atoms with Crippen LogP contribution < -0.4 is 14.9 Å². The van der Waals surface area contributed by atoms with Gasteiger partial charge in [0.25, 0.3) is 15.9 Å². The highest BCUT2D eigenvalue weighted by molar-refractivity contribution is 7.89. The first-order valence-corrected chi connectivity index (χ1v) is 10.1. The molecule has 1 aromatic heterocycles. The van der Waals surface area contributed by atoms with Gasteiger partial charge in [-0.3, -0.25) is 4.79 Å². The van der Waals surface area contributed by atoms with E-state index in [1.807, 2.05) is 0 Å². The molecule has 0 spiro atoms. The minimum Gasteiger partial charge on any atom is -0.356 e. The summed E-state index contributed by atoms with van der Waals surface area (Å²) in [5.74, 6) is -0.521. The molecule has 1 amide bonds. The molecule has 0 fully saturated rings. The first-order chi connectivity index (χ1) is 12.6. The molecule has 3 N–H and O–H groups in total. The van der Waals surface area contributed by atoms with Crippen LogP contribution in [0.5, 0.6) is 0 Å². The lowest BCUT2D eigenvalue weighted by molar-refractivity contribution is 0.0746. The molecule has 0 saturated heterocycles. The molecule has 2 heterocycles. The van der Waals surface area contributed by atoms with E-state index in [-0.39, 0.29) is 29.3 Å². The second kappa shape index (κ2) is 7.12. The largest absolute Gasteiger partial charge is 0.356 e. The molecule has 3 rings (SSSR count). The first kappa shape index (κ1) is 19.6. The maximum absolute atomic E-state index is 12.8. The molecule has 1 atom stereocenters.